The van der Waals surface area contributed by atoms with Crippen LogP contribution < -0.4 is 0 Å². The molecular formula is C12H15N3O3. The van der Waals surface area contributed by atoms with Crippen LogP contribution in [0.1, 0.15) is 28.7 Å². The van der Waals surface area contributed by atoms with Crippen molar-refractivity contribution >= 4 is 11.6 Å². The third kappa shape index (κ3) is 2.19. The largest absolute Gasteiger partial charge is 0.462 e. The van der Waals surface area contributed by atoms with Gasteiger partial charge in [0.15, 0.2) is 5.65 Å². The minimum Gasteiger partial charge on any atom is -0.462 e. The lowest BCUT2D eigenvalue weighted by Crippen LogP contribution is -2.07. The van der Waals surface area contributed by atoms with Crippen molar-refractivity contribution in [3.05, 3.63) is 29.2 Å². The Hall–Kier alpha value is -1.95. The predicted octanol–water partition coefficient (Wildman–Crippen LogP) is 1.36. The Balaban J connectivity index is 2.55. The Bertz CT molecular complexity index is 577. The van der Waals surface area contributed by atoms with Crippen LogP contribution in [0.5, 0.6) is 0 Å². The molecule has 0 spiro atoms. The van der Waals surface area contributed by atoms with Crippen LogP contribution in [0.3, 0.4) is 0 Å². The highest BCUT2D eigenvalue weighted by molar-refractivity contribution is 5.95. The summed E-state index contributed by atoms with van der Waals surface area (Å²) in [5.41, 5.74) is 2.52. The van der Waals surface area contributed by atoms with Crippen LogP contribution in [-0.2, 0) is 16.1 Å². The van der Waals surface area contributed by atoms with Crippen LogP contribution in [0, 0.1) is 6.92 Å². The summed E-state index contributed by atoms with van der Waals surface area (Å²) in [7, 11) is 1.61. The van der Waals surface area contributed by atoms with Gasteiger partial charge in [0.25, 0.3) is 0 Å². The topological polar surface area (TPSA) is 65.7 Å². The summed E-state index contributed by atoms with van der Waals surface area (Å²) in [6.45, 7) is 4.36. The molecule has 2 rings (SSSR count). The predicted molar refractivity (Wildman–Crippen MR) is 64.4 cm³/mol. The average Bonchev–Trinajstić information content (AvgIpc) is 2.73. The molecule has 96 valence electrons. The van der Waals surface area contributed by atoms with Gasteiger partial charge in [-0.2, -0.15) is 5.10 Å². The minimum absolute atomic E-state index is 0.326. The number of aromatic nitrogens is 3. The second kappa shape index (κ2) is 5.14. The number of rotatable bonds is 4. The van der Waals surface area contributed by atoms with Crippen LogP contribution >= 0.6 is 0 Å². The number of carbonyl (C=O) groups excluding carboxylic acids is 1. The molecule has 0 aliphatic carbocycles. The molecule has 18 heavy (non-hydrogen) atoms. The molecular weight excluding hydrogens is 234 g/mol. The molecule has 2 heterocycles. The van der Waals surface area contributed by atoms with Crippen LogP contribution in [0.15, 0.2) is 12.3 Å². The lowest BCUT2D eigenvalue weighted by atomic mass is 10.3. The average molecular weight is 249 g/mol. The van der Waals surface area contributed by atoms with Crippen molar-refractivity contribution in [3.8, 4) is 0 Å². The molecule has 0 N–H and O–H groups in total. The van der Waals surface area contributed by atoms with Crippen molar-refractivity contribution in [1.29, 1.82) is 0 Å². The van der Waals surface area contributed by atoms with E-state index in [1.165, 1.54) is 6.20 Å². The maximum Gasteiger partial charge on any atom is 0.343 e. The molecule has 0 saturated heterocycles. The van der Waals surface area contributed by atoms with E-state index in [-0.39, 0.29) is 0 Å². The first-order valence-corrected chi connectivity index (χ1v) is 5.67. The van der Waals surface area contributed by atoms with E-state index in [1.807, 2.05) is 13.0 Å². The first kappa shape index (κ1) is 12.5. The Kier molecular flexibility index (Phi) is 3.57. The third-order valence-electron chi connectivity index (χ3n) is 2.46. The van der Waals surface area contributed by atoms with Gasteiger partial charge in [-0.05, 0) is 19.9 Å². The summed E-state index contributed by atoms with van der Waals surface area (Å²) in [5, 5.41) is 4.15. The van der Waals surface area contributed by atoms with Gasteiger partial charge in [0.1, 0.15) is 5.56 Å². The monoisotopic (exact) mass is 249 g/mol. The van der Waals surface area contributed by atoms with Gasteiger partial charge in [0, 0.05) is 12.8 Å². The van der Waals surface area contributed by atoms with Gasteiger partial charge in [-0.3, -0.25) is 0 Å². The smallest absolute Gasteiger partial charge is 0.343 e. The molecule has 0 aliphatic rings. The zero-order chi connectivity index (χ0) is 13.1. The van der Waals surface area contributed by atoms with E-state index in [2.05, 4.69) is 10.1 Å². The third-order valence-corrected chi connectivity index (χ3v) is 2.46. The van der Waals surface area contributed by atoms with E-state index in [0.29, 0.717) is 24.4 Å². The van der Waals surface area contributed by atoms with Crippen molar-refractivity contribution in [3.63, 3.8) is 0 Å². The molecule has 0 bridgehead atoms. The first-order valence-electron chi connectivity index (χ1n) is 5.67. The molecule has 0 saturated carbocycles. The summed E-state index contributed by atoms with van der Waals surface area (Å²) in [6.07, 6.45) is 1.47. The number of ether oxygens (including phenoxy) is 2. The summed E-state index contributed by atoms with van der Waals surface area (Å²) in [6, 6.07) is 1.87. The van der Waals surface area contributed by atoms with Crippen LogP contribution in [0.25, 0.3) is 5.65 Å². The number of aryl methyl sites for hydroxylation is 1. The van der Waals surface area contributed by atoms with Gasteiger partial charge in [0.05, 0.1) is 25.1 Å². The standard InChI is InChI=1S/C12H15N3O3/c1-4-18-12(16)10-6-13-15-9(7-17-3)5-8(2)14-11(10)15/h5-6H,4,7H2,1-3H3. The number of nitrogens with zero attached hydrogens (tertiary/aromatic N) is 3. The zero-order valence-corrected chi connectivity index (χ0v) is 10.6. The Morgan fingerprint density at radius 3 is 2.94 bits per heavy atom. The van der Waals surface area contributed by atoms with Gasteiger partial charge < -0.3 is 9.47 Å². The van der Waals surface area contributed by atoms with Crippen molar-refractivity contribution in [2.45, 2.75) is 20.5 Å². The van der Waals surface area contributed by atoms with Gasteiger partial charge in [-0.25, -0.2) is 14.3 Å². The number of methoxy groups -OCH3 is 1. The van der Waals surface area contributed by atoms with E-state index < -0.39 is 5.97 Å². The van der Waals surface area contributed by atoms with E-state index in [1.54, 1.807) is 18.5 Å². The second-order valence-corrected chi connectivity index (χ2v) is 3.84. The van der Waals surface area contributed by atoms with Gasteiger partial charge >= 0.3 is 5.97 Å². The number of carbonyl (C=O) groups is 1. The fourth-order valence-corrected chi connectivity index (χ4v) is 1.76. The minimum atomic E-state index is -0.408. The highest BCUT2D eigenvalue weighted by atomic mass is 16.5. The number of fused-ring (bicyclic) bond motifs is 1. The molecule has 6 nitrogen and oxygen atoms in total. The molecule has 6 heteroatoms. The summed E-state index contributed by atoms with van der Waals surface area (Å²) < 4.78 is 11.7. The normalized spacial score (nSPS) is 10.8. The van der Waals surface area contributed by atoms with Crippen LogP contribution in [0.2, 0.25) is 0 Å². The van der Waals surface area contributed by atoms with Crippen molar-refractivity contribution in [2.24, 2.45) is 0 Å². The van der Waals surface area contributed by atoms with Crippen molar-refractivity contribution in [2.75, 3.05) is 13.7 Å². The van der Waals surface area contributed by atoms with E-state index in [9.17, 15) is 4.79 Å². The Labute approximate surface area is 105 Å². The quantitative estimate of drug-likeness (QED) is 0.765. The molecule has 0 fully saturated rings. The maximum atomic E-state index is 11.8. The highest BCUT2D eigenvalue weighted by Gasteiger charge is 2.17. The van der Waals surface area contributed by atoms with E-state index in [0.717, 1.165) is 11.4 Å². The lowest BCUT2D eigenvalue weighted by Gasteiger charge is -2.05. The SMILES string of the molecule is CCOC(=O)c1cnn2c(COC)cc(C)nc12. The molecule has 0 aromatic carbocycles. The van der Waals surface area contributed by atoms with Crippen LogP contribution in [-0.4, -0.2) is 34.3 Å². The molecule has 0 radical (unpaired) electrons. The van der Waals surface area contributed by atoms with Crippen LogP contribution in [0.4, 0.5) is 0 Å². The fourth-order valence-electron chi connectivity index (χ4n) is 1.76. The Morgan fingerprint density at radius 1 is 1.50 bits per heavy atom. The molecule has 2 aromatic rings. The van der Waals surface area contributed by atoms with Crippen molar-refractivity contribution in [1.82, 2.24) is 14.6 Å². The second-order valence-electron chi connectivity index (χ2n) is 3.84. The zero-order valence-electron chi connectivity index (χ0n) is 10.6. The number of esters is 1. The molecule has 0 atom stereocenters. The number of hydrogen-bond donors (Lipinski definition) is 0. The van der Waals surface area contributed by atoms with Crippen molar-refractivity contribution < 1.29 is 14.3 Å². The fraction of sp³-hybridized carbons (Fsp3) is 0.417. The maximum absolute atomic E-state index is 11.8. The highest BCUT2D eigenvalue weighted by Crippen LogP contribution is 2.14. The molecule has 0 aliphatic heterocycles. The van der Waals surface area contributed by atoms with Gasteiger partial charge in [0.2, 0.25) is 0 Å². The number of hydrogen-bond acceptors (Lipinski definition) is 5. The van der Waals surface area contributed by atoms with E-state index >= 15 is 0 Å². The molecule has 0 unspecified atom stereocenters. The molecule has 0 amide bonds. The first-order chi connectivity index (χ1) is 8.67. The lowest BCUT2D eigenvalue weighted by molar-refractivity contribution is 0.0528. The molecule has 2 aromatic heterocycles. The van der Waals surface area contributed by atoms with Gasteiger partial charge in [-0.1, -0.05) is 0 Å². The summed E-state index contributed by atoms with van der Waals surface area (Å²) in [5.74, 6) is -0.408. The van der Waals surface area contributed by atoms with Gasteiger partial charge in [-0.15, -0.1) is 0 Å². The van der Waals surface area contributed by atoms with E-state index in [4.69, 9.17) is 9.47 Å². The Morgan fingerprint density at radius 2 is 2.28 bits per heavy atom. The summed E-state index contributed by atoms with van der Waals surface area (Å²) in [4.78, 5) is 16.1. The summed E-state index contributed by atoms with van der Waals surface area (Å²) >= 11 is 0.